The first-order valence-electron chi connectivity index (χ1n) is 8.30. The number of primary amides is 1. The predicted octanol–water partition coefficient (Wildman–Crippen LogP) is 1.67. The van der Waals surface area contributed by atoms with E-state index in [2.05, 4.69) is 15.2 Å². The normalized spacial score (nSPS) is 14.9. The van der Waals surface area contributed by atoms with Gasteiger partial charge in [0.25, 0.3) is 5.91 Å². The zero-order valence-electron chi connectivity index (χ0n) is 14.2. The molecule has 1 aliphatic rings. The van der Waals surface area contributed by atoms with Gasteiger partial charge in [0.1, 0.15) is 5.82 Å². The van der Waals surface area contributed by atoms with Crippen molar-refractivity contribution in [1.82, 2.24) is 14.8 Å². The summed E-state index contributed by atoms with van der Waals surface area (Å²) >= 11 is 0. The Labute approximate surface area is 150 Å². The molecule has 0 spiro atoms. The summed E-state index contributed by atoms with van der Waals surface area (Å²) in [6, 6.07) is 9.28. The molecular weight excluding hydrogens is 337 g/mol. The molecule has 1 aromatic heterocycles. The number of nitrogens with two attached hydrogens (primary N) is 1. The molecule has 3 N–H and O–H groups in total. The van der Waals surface area contributed by atoms with Crippen molar-refractivity contribution in [3.8, 4) is 0 Å². The lowest BCUT2D eigenvalue weighted by Crippen LogP contribution is -2.49. The smallest absolute Gasteiger partial charge is 0.321 e. The summed E-state index contributed by atoms with van der Waals surface area (Å²) in [6.45, 7) is 3.36. The number of rotatable bonds is 4. The molecule has 3 rings (SSSR count). The Balaban J connectivity index is 1.54. The van der Waals surface area contributed by atoms with Gasteiger partial charge in [0.2, 0.25) is 0 Å². The van der Waals surface area contributed by atoms with E-state index in [0.29, 0.717) is 18.8 Å². The molecule has 3 amide bonds. The quantitative estimate of drug-likeness (QED) is 0.871. The second-order valence-electron chi connectivity index (χ2n) is 6.07. The van der Waals surface area contributed by atoms with Crippen LogP contribution in [-0.2, 0) is 6.54 Å². The number of hydrogen-bond donors (Lipinski definition) is 2. The van der Waals surface area contributed by atoms with Gasteiger partial charge in [0, 0.05) is 44.6 Å². The Morgan fingerprint density at radius 3 is 2.58 bits per heavy atom. The summed E-state index contributed by atoms with van der Waals surface area (Å²) in [6.07, 6.45) is 1.77. The first-order chi connectivity index (χ1) is 12.5. The lowest BCUT2D eigenvalue weighted by molar-refractivity contribution is 0.0996. The van der Waals surface area contributed by atoms with Crippen LogP contribution in [0.15, 0.2) is 42.6 Å². The zero-order valence-corrected chi connectivity index (χ0v) is 14.2. The number of nitrogens with zero attached hydrogens (tertiary/aromatic N) is 3. The molecule has 1 saturated heterocycles. The van der Waals surface area contributed by atoms with Crippen LogP contribution < -0.4 is 11.1 Å². The highest BCUT2D eigenvalue weighted by atomic mass is 19.1. The highest BCUT2D eigenvalue weighted by Crippen LogP contribution is 2.16. The topological polar surface area (TPSA) is 91.6 Å². The van der Waals surface area contributed by atoms with Crippen LogP contribution in [-0.4, -0.2) is 52.9 Å². The minimum atomic E-state index is -0.873. The SMILES string of the molecule is NC(=O)c1cc(NC(=O)N2CCN(Cc3ccccn3)CC2)ccc1F. The minimum Gasteiger partial charge on any atom is -0.366 e. The van der Waals surface area contributed by atoms with Gasteiger partial charge < -0.3 is 16.0 Å². The van der Waals surface area contributed by atoms with Crippen LogP contribution in [0.5, 0.6) is 0 Å². The molecule has 1 aromatic carbocycles. The second kappa shape index (κ2) is 7.92. The number of carbonyl (C=O) groups is 2. The second-order valence-corrected chi connectivity index (χ2v) is 6.07. The number of urea groups is 1. The lowest BCUT2D eigenvalue weighted by atomic mass is 10.2. The van der Waals surface area contributed by atoms with Crippen LogP contribution in [0.4, 0.5) is 14.9 Å². The molecule has 2 aromatic rings. The molecule has 0 radical (unpaired) electrons. The molecule has 7 nitrogen and oxygen atoms in total. The molecule has 1 fully saturated rings. The summed E-state index contributed by atoms with van der Waals surface area (Å²) in [7, 11) is 0. The monoisotopic (exact) mass is 357 g/mol. The number of nitrogens with one attached hydrogen (secondary N) is 1. The van der Waals surface area contributed by atoms with E-state index in [-0.39, 0.29) is 11.6 Å². The van der Waals surface area contributed by atoms with Crippen molar-refractivity contribution in [3.05, 3.63) is 59.7 Å². The first-order valence-corrected chi connectivity index (χ1v) is 8.30. The minimum absolute atomic E-state index is 0.247. The van der Waals surface area contributed by atoms with Crippen molar-refractivity contribution in [2.24, 2.45) is 5.73 Å². The van der Waals surface area contributed by atoms with Gasteiger partial charge in [0.15, 0.2) is 0 Å². The third-order valence-corrected chi connectivity index (χ3v) is 4.25. The maximum atomic E-state index is 13.5. The largest absolute Gasteiger partial charge is 0.366 e. The summed E-state index contributed by atoms with van der Waals surface area (Å²) < 4.78 is 13.5. The number of anilines is 1. The van der Waals surface area contributed by atoms with Gasteiger partial charge in [-0.3, -0.25) is 14.7 Å². The number of halogens is 1. The summed E-state index contributed by atoms with van der Waals surface area (Å²) in [5.41, 5.74) is 6.21. The van der Waals surface area contributed by atoms with Crippen molar-refractivity contribution in [1.29, 1.82) is 0 Å². The summed E-state index contributed by atoms with van der Waals surface area (Å²) in [5.74, 6) is -1.58. The standard InChI is InChI=1S/C18H20FN5O2/c19-16-5-4-13(11-15(16)17(20)25)22-18(26)24-9-7-23(8-10-24)12-14-3-1-2-6-21-14/h1-6,11H,7-10,12H2,(H2,20,25)(H,22,26). The molecular formula is C18H20FN5O2. The average Bonchev–Trinajstić information content (AvgIpc) is 2.64. The van der Waals surface area contributed by atoms with Crippen LogP contribution in [0.25, 0.3) is 0 Å². The molecule has 8 heteroatoms. The predicted molar refractivity (Wildman–Crippen MR) is 95.0 cm³/mol. The third kappa shape index (κ3) is 4.34. The number of pyridine rings is 1. The highest BCUT2D eigenvalue weighted by molar-refractivity contribution is 5.96. The van der Waals surface area contributed by atoms with E-state index in [0.717, 1.165) is 31.4 Å². The molecule has 0 aliphatic carbocycles. The van der Waals surface area contributed by atoms with Gasteiger partial charge in [-0.05, 0) is 30.3 Å². The number of benzene rings is 1. The maximum absolute atomic E-state index is 13.5. The number of piperazine rings is 1. The number of aromatic nitrogens is 1. The van der Waals surface area contributed by atoms with Crippen molar-refractivity contribution >= 4 is 17.6 Å². The van der Waals surface area contributed by atoms with Gasteiger partial charge in [-0.1, -0.05) is 6.07 Å². The molecule has 0 atom stereocenters. The number of carbonyl (C=O) groups excluding carboxylic acids is 2. The van der Waals surface area contributed by atoms with E-state index < -0.39 is 11.7 Å². The molecule has 0 saturated carbocycles. The van der Waals surface area contributed by atoms with Crippen LogP contribution >= 0.6 is 0 Å². The zero-order chi connectivity index (χ0) is 18.5. The first kappa shape index (κ1) is 17.8. The van der Waals surface area contributed by atoms with Gasteiger partial charge >= 0.3 is 6.03 Å². The van der Waals surface area contributed by atoms with E-state index >= 15 is 0 Å². The fourth-order valence-electron chi connectivity index (χ4n) is 2.82. The van der Waals surface area contributed by atoms with Crippen LogP contribution in [0, 0.1) is 5.82 Å². The van der Waals surface area contributed by atoms with Crippen molar-refractivity contribution in [2.45, 2.75) is 6.54 Å². The Hall–Kier alpha value is -3.00. The van der Waals surface area contributed by atoms with Crippen LogP contribution in [0.3, 0.4) is 0 Å². The van der Waals surface area contributed by atoms with E-state index in [1.165, 1.54) is 12.1 Å². The fraction of sp³-hybridized carbons (Fsp3) is 0.278. The Bertz CT molecular complexity index is 791. The molecule has 26 heavy (non-hydrogen) atoms. The molecule has 2 heterocycles. The Kier molecular flexibility index (Phi) is 5.43. The summed E-state index contributed by atoms with van der Waals surface area (Å²) in [5, 5.41) is 2.68. The lowest BCUT2D eigenvalue weighted by Gasteiger charge is -2.34. The van der Waals surface area contributed by atoms with Crippen molar-refractivity contribution < 1.29 is 14.0 Å². The number of amides is 3. The average molecular weight is 357 g/mol. The van der Waals surface area contributed by atoms with Crippen molar-refractivity contribution in [3.63, 3.8) is 0 Å². The fourth-order valence-corrected chi connectivity index (χ4v) is 2.82. The van der Waals surface area contributed by atoms with E-state index in [9.17, 15) is 14.0 Å². The third-order valence-electron chi connectivity index (χ3n) is 4.25. The number of hydrogen-bond acceptors (Lipinski definition) is 4. The van der Waals surface area contributed by atoms with Crippen LogP contribution in [0.1, 0.15) is 16.1 Å². The van der Waals surface area contributed by atoms with E-state index in [1.54, 1.807) is 11.1 Å². The van der Waals surface area contributed by atoms with Gasteiger partial charge in [-0.15, -0.1) is 0 Å². The molecule has 1 aliphatic heterocycles. The van der Waals surface area contributed by atoms with Gasteiger partial charge in [-0.2, -0.15) is 0 Å². The Morgan fingerprint density at radius 2 is 1.92 bits per heavy atom. The van der Waals surface area contributed by atoms with Gasteiger partial charge in [0.05, 0.1) is 11.3 Å². The summed E-state index contributed by atoms with van der Waals surface area (Å²) in [4.78, 5) is 31.8. The maximum Gasteiger partial charge on any atom is 0.321 e. The molecule has 0 unspecified atom stereocenters. The van der Waals surface area contributed by atoms with Gasteiger partial charge in [-0.25, -0.2) is 9.18 Å². The Morgan fingerprint density at radius 1 is 1.15 bits per heavy atom. The van der Waals surface area contributed by atoms with Crippen LogP contribution in [0.2, 0.25) is 0 Å². The molecule has 136 valence electrons. The van der Waals surface area contributed by atoms with E-state index in [4.69, 9.17) is 5.73 Å². The van der Waals surface area contributed by atoms with E-state index in [1.807, 2.05) is 18.2 Å². The van der Waals surface area contributed by atoms with Crippen molar-refractivity contribution in [2.75, 3.05) is 31.5 Å². The highest BCUT2D eigenvalue weighted by Gasteiger charge is 2.21. The molecule has 0 bridgehead atoms.